The molecule has 0 fully saturated rings. The molecule has 6 heteroatoms. The molecular weight excluding hydrogens is 183 g/mol. The van der Waals surface area contributed by atoms with Gasteiger partial charge in [0, 0.05) is 5.66 Å². The van der Waals surface area contributed by atoms with E-state index in [1.54, 1.807) is 0 Å². The van der Waals surface area contributed by atoms with Crippen LogP contribution >= 0.6 is 0 Å². The van der Waals surface area contributed by atoms with Gasteiger partial charge in [-0.25, -0.2) is 0 Å². The summed E-state index contributed by atoms with van der Waals surface area (Å²) in [6, 6.07) is 0. The van der Waals surface area contributed by atoms with Crippen LogP contribution in [-0.4, -0.2) is 13.6 Å². The van der Waals surface area contributed by atoms with E-state index in [1.165, 1.54) is 0 Å². The third-order valence-electron chi connectivity index (χ3n) is 1.29. The summed E-state index contributed by atoms with van der Waals surface area (Å²) in [6.45, 7) is -4.69. The number of rotatable bonds is 1. The van der Waals surface area contributed by atoms with Gasteiger partial charge in [0.05, 0.1) is 6.61 Å². The van der Waals surface area contributed by atoms with Crippen molar-refractivity contribution in [2.24, 2.45) is 0 Å². The van der Waals surface area contributed by atoms with E-state index in [0.29, 0.717) is 12.8 Å². The number of hydrogen-bond donors (Lipinski definition) is 0. The zero-order valence-corrected chi connectivity index (χ0v) is 9.44. The molecule has 0 spiro atoms. The van der Waals surface area contributed by atoms with Crippen molar-refractivity contribution < 1.29 is 69.1 Å². The molecule has 0 unspecified atom stereocenters. The Labute approximate surface area is 106 Å². The van der Waals surface area contributed by atoms with Gasteiger partial charge < -0.3 is 17.7 Å². The summed E-state index contributed by atoms with van der Waals surface area (Å²) in [4.78, 5) is 0. The van der Waals surface area contributed by atoms with E-state index in [-0.39, 0.29) is 58.0 Å². The smallest absolute Gasteiger partial charge is 0.530 e. The Balaban J connectivity index is 0.000001000. The Kier molecular flexibility index (Phi) is 5.37. The molecule has 0 aliphatic carbocycles. The Morgan fingerprint density at radius 1 is 1.36 bits per heavy atom. The van der Waals surface area contributed by atoms with Crippen molar-refractivity contribution in [2.45, 2.75) is 12.8 Å². The van der Waals surface area contributed by atoms with Crippen LogP contribution in [0.2, 0.25) is 0 Å². The van der Waals surface area contributed by atoms with Crippen LogP contribution in [0.4, 0.5) is 12.9 Å². The normalized spacial score (nSPS) is 17.9. The fourth-order valence-electron chi connectivity index (χ4n) is 0.805. The van der Waals surface area contributed by atoms with E-state index >= 15 is 0 Å². The van der Waals surface area contributed by atoms with Crippen molar-refractivity contribution in [3.05, 3.63) is 11.7 Å². The van der Waals surface area contributed by atoms with Crippen LogP contribution in [0.1, 0.15) is 12.8 Å². The summed E-state index contributed by atoms with van der Waals surface area (Å²) in [7, 11) is 0. The van der Waals surface area contributed by atoms with Gasteiger partial charge >= 0.3 is 58.4 Å². The molecule has 0 atom stereocenters. The number of ether oxygens (including phenoxy) is 1. The topological polar surface area (TPSA) is 9.23 Å². The van der Waals surface area contributed by atoms with Crippen molar-refractivity contribution >= 4 is 6.98 Å². The van der Waals surface area contributed by atoms with Gasteiger partial charge in [0.1, 0.15) is 0 Å². The van der Waals surface area contributed by atoms with Crippen LogP contribution in [-0.2, 0) is 4.74 Å². The maximum atomic E-state index is 11.8. The summed E-state index contributed by atoms with van der Waals surface area (Å²) in [5.41, 5.74) is -0.772. The first kappa shape index (κ1) is 12.0. The van der Waals surface area contributed by atoms with E-state index in [1.807, 2.05) is 0 Å². The minimum absolute atomic E-state index is 0. The van der Waals surface area contributed by atoms with Crippen LogP contribution in [0.5, 0.6) is 0 Å². The third kappa shape index (κ3) is 3.98. The molecule has 0 saturated carbocycles. The van der Waals surface area contributed by atoms with Gasteiger partial charge in [-0.1, -0.05) is 6.08 Å². The molecule has 1 heterocycles. The minimum atomic E-state index is -4.89. The predicted octanol–water partition coefficient (Wildman–Crippen LogP) is -0.929. The third-order valence-corrected chi connectivity index (χ3v) is 1.29. The van der Waals surface area contributed by atoms with Crippen molar-refractivity contribution in [1.82, 2.24) is 0 Å². The fourth-order valence-corrected chi connectivity index (χ4v) is 0.805. The molecule has 1 aliphatic rings. The van der Waals surface area contributed by atoms with Gasteiger partial charge in [0.15, 0.2) is 0 Å². The summed E-state index contributed by atoms with van der Waals surface area (Å²) < 4.78 is 39.8. The van der Waals surface area contributed by atoms with Crippen molar-refractivity contribution in [1.29, 1.82) is 0 Å². The van der Waals surface area contributed by atoms with Gasteiger partial charge in [-0.3, -0.25) is 0 Å². The number of allylic oxidation sites excluding steroid dienone is 1. The maximum absolute atomic E-state index is 11.8. The van der Waals surface area contributed by atoms with Crippen molar-refractivity contribution in [3.8, 4) is 0 Å². The Bertz CT molecular complexity index is 156. The Morgan fingerprint density at radius 2 is 2.00 bits per heavy atom. The largest absolute Gasteiger partial charge is 1.00 e. The molecule has 0 aromatic rings. The maximum Gasteiger partial charge on any atom is 1.00 e. The standard InChI is InChI=1S/C5H7BF3O.K/c7-6(8,9)5-3-1-2-4-10-5;/h3H,1-2,4H2;/q-1;+1. The second-order valence-electron chi connectivity index (χ2n) is 2.17. The first-order chi connectivity index (χ1) is 4.61. The Morgan fingerprint density at radius 3 is 2.27 bits per heavy atom. The molecule has 1 rings (SSSR count). The van der Waals surface area contributed by atoms with Crippen molar-refractivity contribution in [3.63, 3.8) is 0 Å². The summed E-state index contributed by atoms with van der Waals surface area (Å²) in [5.74, 6) is 0. The van der Waals surface area contributed by atoms with Crippen molar-refractivity contribution in [2.75, 3.05) is 6.61 Å². The second kappa shape index (κ2) is 4.91. The number of halogens is 3. The van der Waals surface area contributed by atoms with Crippen LogP contribution in [0.3, 0.4) is 0 Å². The zero-order valence-electron chi connectivity index (χ0n) is 6.32. The van der Waals surface area contributed by atoms with Gasteiger partial charge in [-0.05, 0) is 12.8 Å². The van der Waals surface area contributed by atoms with Crippen LogP contribution < -0.4 is 51.4 Å². The molecule has 0 N–H and O–H groups in total. The fraction of sp³-hybridized carbons (Fsp3) is 0.600. The van der Waals surface area contributed by atoms with Crippen LogP contribution in [0.25, 0.3) is 0 Å². The van der Waals surface area contributed by atoms with E-state index < -0.39 is 12.6 Å². The predicted molar refractivity (Wildman–Crippen MR) is 32.3 cm³/mol. The average molecular weight is 190 g/mol. The second-order valence-corrected chi connectivity index (χ2v) is 2.17. The molecular formula is C5H7BF3KO. The average Bonchev–Trinajstić information content (AvgIpc) is 1.88. The molecule has 1 nitrogen and oxygen atoms in total. The molecule has 0 amide bonds. The SMILES string of the molecule is F[B-](F)(F)C1=CCCCO1.[K+]. The first-order valence-electron chi connectivity index (χ1n) is 3.13. The zero-order chi connectivity index (χ0) is 7.61. The minimum Gasteiger partial charge on any atom is -0.530 e. The van der Waals surface area contributed by atoms with Crippen LogP contribution in [0, 0.1) is 0 Å². The van der Waals surface area contributed by atoms with Crippen LogP contribution in [0.15, 0.2) is 11.7 Å². The van der Waals surface area contributed by atoms with E-state index in [2.05, 4.69) is 4.74 Å². The molecule has 0 radical (unpaired) electrons. The molecule has 0 aromatic heterocycles. The Hall–Kier alpha value is 1.03. The van der Waals surface area contributed by atoms with Gasteiger partial charge in [-0.2, -0.15) is 0 Å². The van der Waals surface area contributed by atoms with E-state index in [0.717, 1.165) is 6.08 Å². The summed E-state index contributed by atoms with van der Waals surface area (Å²) >= 11 is 0. The first-order valence-corrected chi connectivity index (χ1v) is 3.13. The molecule has 11 heavy (non-hydrogen) atoms. The molecule has 0 aromatic carbocycles. The van der Waals surface area contributed by atoms with Gasteiger partial charge in [0.2, 0.25) is 0 Å². The van der Waals surface area contributed by atoms with E-state index in [9.17, 15) is 12.9 Å². The molecule has 58 valence electrons. The van der Waals surface area contributed by atoms with Gasteiger partial charge in [0.25, 0.3) is 0 Å². The number of hydrogen-bond acceptors (Lipinski definition) is 1. The molecule has 0 saturated heterocycles. The van der Waals surface area contributed by atoms with E-state index in [4.69, 9.17) is 0 Å². The molecule has 0 bridgehead atoms. The molecule has 1 aliphatic heterocycles. The summed E-state index contributed by atoms with van der Waals surface area (Å²) in [6.07, 6.45) is 2.29. The van der Waals surface area contributed by atoms with Gasteiger partial charge in [-0.15, -0.1) is 0 Å². The summed E-state index contributed by atoms with van der Waals surface area (Å²) in [5, 5.41) is 0. The quantitative estimate of drug-likeness (QED) is 0.485. The monoisotopic (exact) mass is 190 g/mol.